The second kappa shape index (κ2) is 9.80. The highest BCUT2D eigenvalue weighted by Crippen LogP contribution is 2.41. The van der Waals surface area contributed by atoms with Crippen molar-refractivity contribution in [2.24, 2.45) is 5.73 Å². The fourth-order valence-corrected chi connectivity index (χ4v) is 5.22. The molecule has 2 fully saturated rings. The number of nitrogen functional groups attached to an aromatic ring is 1. The Kier molecular flexibility index (Phi) is 6.58. The number of alkyl halides is 1. The van der Waals surface area contributed by atoms with Gasteiger partial charge in [-0.2, -0.15) is 0 Å². The molecule has 3 aromatic rings. The lowest BCUT2D eigenvalue weighted by Gasteiger charge is -2.36. The van der Waals surface area contributed by atoms with E-state index in [1.807, 2.05) is 42.5 Å². The molecule has 6 heteroatoms. The molecule has 0 radical (unpaired) electrons. The van der Waals surface area contributed by atoms with E-state index in [2.05, 4.69) is 34.5 Å². The molecule has 2 atom stereocenters. The topological polar surface area (TPSA) is 84.4 Å². The second-order valence-electron chi connectivity index (χ2n) is 10.00. The smallest absolute Gasteiger partial charge is 0.249 e. The van der Waals surface area contributed by atoms with E-state index in [-0.39, 0.29) is 0 Å². The Balaban J connectivity index is 1.18. The van der Waals surface area contributed by atoms with Crippen molar-refractivity contribution in [3.8, 4) is 11.1 Å². The van der Waals surface area contributed by atoms with Crippen molar-refractivity contribution < 1.29 is 9.18 Å². The number of nitrogens with one attached hydrogen (secondary N) is 1. The number of halogens is 1. The molecule has 5 N–H and O–H groups in total. The van der Waals surface area contributed by atoms with Gasteiger partial charge in [-0.1, -0.05) is 54.6 Å². The number of rotatable bonds is 8. The molecule has 0 bridgehead atoms. The number of carbonyl (C=O) groups is 1. The maximum Gasteiger partial charge on any atom is 0.249 e. The third-order valence-corrected chi connectivity index (χ3v) is 7.46. The fraction of sp³-hybridized carbons (Fsp3) is 0.345. The molecular weight excluding hydrogens is 439 g/mol. The lowest BCUT2D eigenvalue weighted by molar-refractivity contribution is 0.0544. The third kappa shape index (κ3) is 5.39. The fourth-order valence-electron chi connectivity index (χ4n) is 5.22. The maximum atomic E-state index is 15.5. The molecule has 5 nitrogen and oxygen atoms in total. The van der Waals surface area contributed by atoms with Gasteiger partial charge in [0.25, 0.3) is 0 Å². The van der Waals surface area contributed by atoms with Crippen LogP contribution >= 0.6 is 0 Å². The zero-order valence-corrected chi connectivity index (χ0v) is 19.9. The normalized spacial score (nSPS) is 21.5. The highest BCUT2D eigenvalue weighted by molar-refractivity contribution is 6.01. The highest BCUT2D eigenvalue weighted by atomic mass is 19.1. The Morgan fingerprint density at radius 3 is 2.43 bits per heavy atom. The Labute approximate surface area is 206 Å². The maximum absolute atomic E-state index is 15.5. The highest BCUT2D eigenvalue weighted by Gasteiger charge is 2.41. The van der Waals surface area contributed by atoms with E-state index in [0.29, 0.717) is 62.2 Å². The van der Waals surface area contributed by atoms with Crippen molar-refractivity contribution in [3.63, 3.8) is 0 Å². The Morgan fingerprint density at radius 1 is 1.00 bits per heavy atom. The summed E-state index contributed by atoms with van der Waals surface area (Å²) in [4.78, 5) is 14.3. The summed E-state index contributed by atoms with van der Waals surface area (Å²) >= 11 is 0. The van der Waals surface area contributed by atoms with Crippen LogP contribution in [0.4, 0.5) is 10.1 Å². The largest absolute Gasteiger partial charge is 0.398 e. The van der Waals surface area contributed by atoms with E-state index >= 15 is 4.39 Å². The lowest BCUT2D eigenvalue weighted by atomic mass is 9.92. The van der Waals surface area contributed by atoms with Gasteiger partial charge in [0, 0.05) is 55.0 Å². The van der Waals surface area contributed by atoms with Gasteiger partial charge < -0.3 is 16.8 Å². The summed E-state index contributed by atoms with van der Waals surface area (Å²) in [6.07, 6.45) is 2.11. The van der Waals surface area contributed by atoms with E-state index < -0.39 is 11.6 Å². The number of primary amides is 1. The van der Waals surface area contributed by atoms with Crippen molar-refractivity contribution in [1.29, 1.82) is 0 Å². The predicted octanol–water partition coefficient (Wildman–Crippen LogP) is 4.48. The molecule has 0 unspecified atom stereocenters. The molecule has 2 aliphatic rings. The summed E-state index contributed by atoms with van der Waals surface area (Å²) < 4.78 is 15.5. The summed E-state index contributed by atoms with van der Waals surface area (Å²) in [5.74, 6) is 0.0313. The van der Waals surface area contributed by atoms with Crippen LogP contribution in [0, 0.1) is 0 Å². The molecule has 0 spiro atoms. The van der Waals surface area contributed by atoms with Gasteiger partial charge in [-0.3, -0.25) is 9.69 Å². The van der Waals surface area contributed by atoms with Crippen LogP contribution in [-0.2, 0) is 6.54 Å². The van der Waals surface area contributed by atoms with Crippen molar-refractivity contribution in [2.75, 3.05) is 25.4 Å². The van der Waals surface area contributed by atoms with Gasteiger partial charge in [0.2, 0.25) is 5.91 Å². The molecule has 1 saturated heterocycles. The SMILES string of the molecule is NC(=O)c1ccc(CN2CCC(F)(CN[C@@H]3C[C@H]3c3ccccc3)CC2)cc1-c1ccccc1N. The average Bonchev–Trinajstić information content (AvgIpc) is 3.65. The first kappa shape index (κ1) is 23.5. The summed E-state index contributed by atoms with van der Waals surface area (Å²) in [5, 5.41) is 3.48. The van der Waals surface area contributed by atoms with Crippen molar-refractivity contribution in [2.45, 2.75) is 43.4 Å². The number of nitrogens with zero attached hydrogens (tertiary/aromatic N) is 1. The van der Waals surface area contributed by atoms with Crippen molar-refractivity contribution in [3.05, 3.63) is 89.5 Å². The number of carbonyl (C=O) groups excluding carboxylic acids is 1. The average molecular weight is 473 g/mol. The van der Waals surface area contributed by atoms with Gasteiger partial charge >= 0.3 is 0 Å². The number of benzene rings is 3. The zero-order chi connectivity index (χ0) is 24.4. The van der Waals surface area contributed by atoms with Crippen LogP contribution in [0.1, 0.15) is 46.7 Å². The summed E-state index contributed by atoms with van der Waals surface area (Å²) in [7, 11) is 0. The monoisotopic (exact) mass is 472 g/mol. The first-order valence-electron chi connectivity index (χ1n) is 12.4. The van der Waals surface area contributed by atoms with Crippen LogP contribution in [0.2, 0.25) is 0 Å². The summed E-state index contributed by atoms with van der Waals surface area (Å²) in [6, 6.07) is 24.0. The molecule has 1 saturated carbocycles. The molecule has 1 aliphatic carbocycles. The predicted molar refractivity (Wildman–Crippen MR) is 139 cm³/mol. The molecule has 5 rings (SSSR count). The van der Waals surface area contributed by atoms with Gasteiger partial charge in [0.05, 0.1) is 0 Å². The second-order valence-corrected chi connectivity index (χ2v) is 10.00. The third-order valence-electron chi connectivity index (χ3n) is 7.46. The van der Waals surface area contributed by atoms with E-state index in [4.69, 9.17) is 11.5 Å². The quantitative estimate of drug-likeness (QED) is 0.422. The minimum Gasteiger partial charge on any atom is -0.398 e. The van der Waals surface area contributed by atoms with Crippen LogP contribution in [0.15, 0.2) is 72.8 Å². The van der Waals surface area contributed by atoms with Crippen LogP contribution in [0.5, 0.6) is 0 Å². The summed E-state index contributed by atoms with van der Waals surface area (Å²) in [6.45, 7) is 2.51. The van der Waals surface area contributed by atoms with E-state index in [1.54, 1.807) is 6.07 Å². The van der Waals surface area contributed by atoms with Crippen LogP contribution in [-0.4, -0.2) is 42.2 Å². The number of para-hydroxylation sites is 1. The molecular formula is C29H33FN4O. The minimum absolute atomic E-state index is 0.385. The van der Waals surface area contributed by atoms with Gasteiger partial charge in [-0.15, -0.1) is 0 Å². The van der Waals surface area contributed by atoms with Crippen molar-refractivity contribution >= 4 is 11.6 Å². The van der Waals surface area contributed by atoms with E-state index in [0.717, 1.165) is 23.1 Å². The number of piperidine rings is 1. The molecule has 35 heavy (non-hydrogen) atoms. The van der Waals surface area contributed by atoms with Crippen molar-refractivity contribution in [1.82, 2.24) is 10.2 Å². The summed E-state index contributed by atoms with van der Waals surface area (Å²) in [5.41, 5.74) is 15.6. The van der Waals surface area contributed by atoms with E-state index in [1.165, 1.54) is 5.56 Å². The van der Waals surface area contributed by atoms with Gasteiger partial charge in [0.15, 0.2) is 0 Å². The molecule has 1 aliphatic heterocycles. The first-order valence-corrected chi connectivity index (χ1v) is 12.4. The van der Waals surface area contributed by atoms with E-state index in [9.17, 15) is 4.79 Å². The number of likely N-dealkylation sites (tertiary alicyclic amines) is 1. The number of amides is 1. The van der Waals surface area contributed by atoms with Crippen LogP contribution < -0.4 is 16.8 Å². The molecule has 1 heterocycles. The lowest BCUT2D eigenvalue weighted by Crippen LogP contribution is -2.47. The molecule has 3 aromatic carbocycles. The molecule has 182 valence electrons. The van der Waals surface area contributed by atoms with Crippen LogP contribution in [0.25, 0.3) is 11.1 Å². The molecule has 0 aromatic heterocycles. The number of hydrogen-bond acceptors (Lipinski definition) is 4. The Bertz CT molecular complexity index is 1190. The Morgan fingerprint density at radius 2 is 1.71 bits per heavy atom. The van der Waals surface area contributed by atoms with Gasteiger partial charge in [-0.25, -0.2) is 4.39 Å². The van der Waals surface area contributed by atoms with Gasteiger partial charge in [-0.05, 0) is 54.2 Å². The van der Waals surface area contributed by atoms with Crippen LogP contribution in [0.3, 0.4) is 0 Å². The number of nitrogens with two attached hydrogens (primary N) is 2. The number of anilines is 1. The standard InChI is InChI=1S/C29H33FN4O/c30-29(19-33-27-17-24(27)21-6-2-1-3-7-21)12-14-34(15-13-29)18-20-10-11-23(28(32)35)25(16-20)22-8-4-5-9-26(22)31/h1-11,16,24,27,33H,12-15,17-19,31H2,(H2,32,35)/t24-,27+/m0/s1. The molecule has 1 amide bonds. The minimum atomic E-state index is -1.17. The first-order chi connectivity index (χ1) is 16.9. The zero-order valence-electron chi connectivity index (χ0n) is 19.9. The van der Waals surface area contributed by atoms with Gasteiger partial charge in [0.1, 0.15) is 5.67 Å². The number of hydrogen-bond donors (Lipinski definition) is 3. The Hall–Kier alpha value is -3.22.